The molecule has 0 saturated heterocycles. The maximum Gasteiger partial charge on any atom is 0.237 e. The first kappa shape index (κ1) is 14.5. The highest BCUT2D eigenvalue weighted by Gasteiger charge is 2.20. The molecule has 1 amide bonds. The predicted molar refractivity (Wildman–Crippen MR) is 81.4 cm³/mol. The van der Waals surface area contributed by atoms with E-state index in [1.165, 1.54) is 16.4 Å². The van der Waals surface area contributed by atoms with Gasteiger partial charge in [-0.15, -0.1) is 10.2 Å². The molecule has 8 nitrogen and oxygen atoms in total. The number of fused-ring (bicyclic) bond motifs is 1. The fourth-order valence-electron chi connectivity index (χ4n) is 1.86. The topological polar surface area (TPSA) is 104 Å². The van der Waals surface area contributed by atoms with Crippen LogP contribution < -0.4 is 20.6 Å². The monoisotopic (exact) mass is 321 g/mol. The lowest BCUT2D eigenvalue weighted by atomic mass is 10.2. The Morgan fingerprint density at radius 2 is 2.18 bits per heavy atom. The van der Waals surface area contributed by atoms with Crippen molar-refractivity contribution >= 4 is 23.4 Å². The Kier molecular flexibility index (Phi) is 3.80. The minimum absolute atomic E-state index is 0.162. The van der Waals surface area contributed by atoms with Gasteiger partial charge in [-0.3, -0.25) is 4.79 Å². The van der Waals surface area contributed by atoms with Crippen LogP contribution in [0.25, 0.3) is 0 Å². The van der Waals surface area contributed by atoms with Gasteiger partial charge >= 0.3 is 0 Å². The first-order chi connectivity index (χ1) is 10.5. The van der Waals surface area contributed by atoms with E-state index >= 15 is 0 Å². The van der Waals surface area contributed by atoms with Gasteiger partial charge in [-0.1, -0.05) is 11.8 Å². The summed E-state index contributed by atoms with van der Waals surface area (Å²) in [5.74, 6) is 7.49. The molecule has 22 heavy (non-hydrogen) atoms. The van der Waals surface area contributed by atoms with E-state index in [9.17, 15) is 4.79 Å². The summed E-state index contributed by atoms with van der Waals surface area (Å²) >= 11 is 1.24. The fraction of sp³-hybridized carbons (Fsp3) is 0.308. The van der Waals surface area contributed by atoms with Gasteiger partial charge in [0.15, 0.2) is 11.5 Å². The first-order valence-electron chi connectivity index (χ1n) is 6.59. The van der Waals surface area contributed by atoms with E-state index in [1.807, 2.05) is 0 Å². The minimum Gasteiger partial charge on any atom is -0.454 e. The number of carbonyl (C=O) groups is 1. The highest BCUT2D eigenvalue weighted by Crippen LogP contribution is 2.34. The molecule has 1 aliphatic rings. The average Bonchev–Trinajstić information content (AvgIpc) is 3.08. The number of hydrogen-bond donors (Lipinski definition) is 2. The molecule has 1 aliphatic heterocycles. The fourth-order valence-corrected chi connectivity index (χ4v) is 2.68. The van der Waals surface area contributed by atoms with Crippen molar-refractivity contribution in [1.29, 1.82) is 0 Å². The van der Waals surface area contributed by atoms with Crippen molar-refractivity contribution in [1.82, 2.24) is 14.9 Å². The quantitative estimate of drug-likeness (QED) is 0.643. The molecule has 9 heteroatoms. The number of carbonyl (C=O) groups excluding carboxylic acids is 1. The molecule has 0 spiro atoms. The predicted octanol–water partition coefficient (Wildman–Crippen LogP) is 1.15. The van der Waals surface area contributed by atoms with Gasteiger partial charge in [-0.25, -0.2) is 4.68 Å². The second-order valence-electron chi connectivity index (χ2n) is 4.72. The number of anilines is 1. The van der Waals surface area contributed by atoms with Crippen molar-refractivity contribution in [3.8, 4) is 11.5 Å². The Bertz CT molecular complexity index is 718. The van der Waals surface area contributed by atoms with E-state index in [1.54, 1.807) is 32.0 Å². The van der Waals surface area contributed by atoms with Crippen molar-refractivity contribution < 1.29 is 14.3 Å². The van der Waals surface area contributed by atoms with Gasteiger partial charge in [-0.05, 0) is 26.0 Å². The third-order valence-corrected chi connectivity index (χ3v) is 4.18. The molecule has 116 valence electrons. The summed E-state index contributed by atoms with van der Waals surface area (Å²) in [6, 6.07) is 5.25. The average molecular weight is 321 g/mol. The zero-order valence-corrected chi connectivity index (χ0v) is 12.9. The Hall–Kier alpha value is -2.42. The Morgan fingerprint density at radius 1 is 1.41 bits per heavy atom. The molecular formula is C13H15N5O3S. The van der Waals surface area contributed by atoms with Gasteiger partial charge in [0, 0.05) is 11.8 Å². The number of amides is 1. The summed E-state index contributed by atoms with van der Waals surface area (Å²) in [6.45, 7) is 3.72. The lowest BCUT2D eigenvalue weighted by Gasteiger charge is -2.11. The van der Waals surface area contributed by atoms with Crippen LogP contribution in [0.4, 0.5) is 5.69 Å². The third-order valence-electron chi connectivity index (χ3n) is 3.13. The number of ether oxygens (including phenoxy) is 2. The molecule has 3 N–H and O–H groups in total. The van der Waals surface area contributed by atoms with Crippen LogP contribution in [0.2, 0.25) is 0 Å². The smallest absolute Gasteiger partial charge is 0.237 e. The second kappa shape index (κ2) is 5.76. The largest absolute Gasteiger partial charge is 0.454 e. The number of nitrogen functional groups attached to an aromatic ring is 1. The van der Waals surface area contributed by atoms with Crippen molar-refractivity contribution in [3.05, 3.63) is 24.0 Å². The van der Waals surface area contributed by atoms with Crippen LogP contribution in [-0.2, 0) is 4.79 Å². The Labute approximate surface area is 131 Å². The van der Waals surface area contributed by atoms with Crippen LogP contribution in [0.5, 0.6) is 11.5 Å². The summed E-state index contributed by atoms with van der Waals surface area (Å²) in [5, 5.41) is 10.7. The van der Waals surface area contributed by atoms with E-state index in [2.05, 4.69) is 15.5 Å². The van der Waals surface area contributed by atoms with E-state index in [-0.39, 0.29) is 18.0 Å². The Balaban J connectivity index is 1.65. The van der Waals surface area contributed by atoms with Crippen molar-refractivity contribution in [3.63, 3.8) is 0 Å². The zero-order valence-electron chi connectivity index (χ0n) is 12.1. The number of thioether (sulfide) groups is 1. The molecule has 0 fully saturated rings. The van der Waals surface area contributed by atoms with Gasteiger partial charge in [0.2, 0.25) is 17.9 Å². The minimum atomic E-state index is -0.378. The summed E-state index contributed by atoms with van der Waals surface area (Å²) in [6.07, 6.45) is 0. The standard InChI is InChI=1S/C13H15N5O3S/c1-7(22-13-17-16-8(2)18(13)14)12(19)15-9-3-4-10-11(5-9)21-6-20-10/h3-5,7H,6,14H2,1-2H3,(H,15,19)/t7-/m0/s1. The van der Waals surface area contributed by atoms with E-state index in [4.69, 9.17) is 15.3 Å². The number of benzene rings is 1. The molecule has 0 bridgehead atoms. The molecular weight excluding hydrogens is 306 g/mol. The molecule has 0 saturated carbocycles. The zero-order chi connectivity index (χ0) is 15.7. The van der Waals surface area contributed by atoms with Crippen molar-refractivity contribution in [2.75, 3.05) is 18.0 Å². The van der Waals surface area contributed by atoms with Gasteiger partial charge in [-0.2, -0.15) is 0 Å². The number of nitrogens with zero attached hydrogens (tertiary/aromatic N) is 3. The number of rotatable bonds is 4. The molecule has 0 radical (unpaired) electrons. The van der Waals surface area contributed by atoms with Crippen LogP contribution in [0, 0.1) is 6.92 Å². The summed E-state index contributed by atoms with van der Waals surface area (Å²) in [5.41, 5.74) is 0.645. The lowest BCUT2D eigenvalue weighted by molar-refractivity contribution is -0.115. The first-order valence-corrected chi connectivity index (χ1v) is 7.47. The van der Waals surface area contributed by atoms with Crippen LogP contribution in [0.1, 0.15) is 12.7 Å². The third kappa shape index (κ3) is 2.80. The van der Waals surface area contributed by atoms with Crippen molar-refractivity contribution in [2.45, 2.75) is 24.3 Å². The van der Waals surface area contributed by atoms with Crippen LogP contribution in [-0.4, -0.2) is 32.8 Å². The van der Waals surface area contributed by atoms with E-state index in [0.717, 1.165) is 0 Å². The van der Waals surface area contributed by atoms with Crippen LogP contribution in [0.3, 0.4) is 0 Å². The van der Waals surface area contributed by atoms with Crippen LogP contribution >= 0.6 is 11.8 Å². The molecule has 1 aromatic carbocycles. The summed E-state index contributed by atoms with van der Waals surface area (Å²) in [7, 11) is 0. The summed E-state index contributed by atoms with van der Waals surface area (Å²) < 4.78 is 11.9. The number of nitrogens with one attached hydrogen (secondary N) is 1. The van der Waals surface area contributed by atoms with Gasteiger partial charge in [0.05, 0.1) is 5.25 Å². The molecule has 1 atom stereocenters. The number of aromatic nitrogens is 3. The number of nitrogens with two attached hydrogens (primary N) is 1. The Morgan fingerprint density at radius 3 is 2.91 bits per heavy atom. The van der Waals surface area contributed by atoms with Crippen LogP contribution in [0.15, 0.2) is 23.4 Å². The highest BCUT2D eigenvalue weighted by molar-refractivity contribution is 8.00. The maximum absolute atomic E-state index is 12.2. The summed E-state index contributed by atoms with van der Waals surface area (Å²) in [4.78, 5) is 12.2. The van der Waals surface area contributed by atoms with Gasteiger partial charge in [0.25, 0.3) is 0 Å². The highest BCUT2D eigenvalue weighted by atomic mass is 32.2. The molecule has 2 heterocycles. The van der Waals surface area contributed by atoms with Gasteiger partial charge in [0.1, 0.15) is 5.82 Å². The SMILES string of the molecule is Cc1nnc(S[C@@H](C)C(=O)Nc2ccc3c(c2)OCO3)n1N. The second-order valence-corrected chi connectivity index (χ2v) is 6.03. The lowest BCUT2D eigenvalue weighted by Crippen LogP contribution is -2.23. The molecule has 3 rings (SSSR count). The number of aryl methyl sites for hydroxylation is 1. The number of hydrogen-bond acceptors (Lipinski definition) is 7. The molecule has 0 aliphatic carbocycles. The normalized spacial score (nSPS) is 13.9. The van der Waals surface area contributed by atoms with E-state index < -0.39 is 0 Å². The maximum atomic E-state index is 12.2. The molecule has 2 aromatic rings. The van der Waals surface area contributed by atoms with Crippen molar-refractivity contribution in [2.24, 2.45) is 0 Å². The molecule has 0 unspecified atom stereocenters. The molecule has 1 aromatic heterocycles. The van der Waals surface area contributed by atoms with Gasteiger partial charge < -0.3 is 20.6 Å². The van der Waals surface area contributed by atoms with E-state index in [0.29, 0.717) is 28.2 Å².